The van der Waals surface area contributed by atoms with Crippen molar-refractivity contribution >= 4 is 23.3 Å². The zero-order valence-corrected chi connectivity index (χ0v) is 15.5. The molecule has 1 heterocycles. The Labute approximate surface area is 162 Å². The lowest BCUT2D eigenvalue weighted by molar-refractivity contribution is -0.144. The molecule has 0 amide bonds. The van der Waals surface area contributed by atoms with E-state index in [0.717, 1.165) is 11.1 Å². The van der Waals surface area contributed by atoms with Crippen LogP contribution in [0.25, 0.3) is 0 Å². The van der Waals surface area contributed by atoms with Crippen LogP contribution >= 0.6 is 11.6 Å². The number of hydrogen-bond acceptors (Lipinski definition) is 5. The van der Waals surface area contributed by atoms with Gasteiger partial charge in [-0.25, -0.2) is 9.78 Å². The van der Waals surface area contributed by atoms with Crippen molar-refractivity contribution in [1.82, 2.24) is 9.97 Å². The molecule has 6 heteroatoms. The predicted octanol–water partition coefficient (Wildman–Crippen LogP) is 4.27. The number of ether oxygens (including phenoxy) is 1. The summed E-state index contributed by atoms with van der Waals surface area (Å²) in [5.74, 6) is -0.501. The zero-order valence-electron chi connectivity index (χ0n) is 14.7. The number of benzene rings is 2. The lowest BCUT2D eigenvalue weighted by Gasteiger charge is -2.14. The maximum Gasteiger partial charge on any atom is 0.337 e. The Morgan fingerprint density at radius 3 is 2.15 bits per heavy atom. The Morgan fingerprint density at radius 1 is 1.04 bits per heavy atom. The highest BCUT2D eigenvalue weighted by Crippen LogP contribution is 2.22. The molecule has 3 aromatic rings. The van der Waals surface area contributed by atoms with Gasteiger partial charge in [0.1, 0.15) is 5.15 Å². The molecule has 0 aliphatic rings. The fraction of sp³-hybridized carbons (Fsp3) is 0.143. The Kier molecular flexibility index (Phi) is 6.28. The molecular formula is C21H18ClN3O2. The minimum Gasteiger partial charge on any atom is -0.464 e. The van der Waals surface area contributed by atoms with Crippen LogP contribution in [0, 0.1) is 0 Å². The molecule has 0 fully saturated rings. The number of rotatable bonds is 6. The topological polar surface area (TPSA) is 64.4 Å². The summed E-state index contributed by atoms with van der Waals surface area (Å²) in [4.78, 5) is 25.6. The van der Waals surface area contributed by atoms with Crippen LogP contribution in [0.2, 0.25) is 5.15 Å². The highest BCUT2D eigenvalue weighted by molar-refractivity contribution is 6.29. The molecule has 0 radical (unpaired) electrons. The van der Waals surface area contributed by atoms with Crippen LogP contribution in [0.3, 0.4) is 0 Å². The number of halogens is 1. The van der Waals surface area contributed by atoms with E-state index in [4.69, 9.17) is 21.3 Å². The van der Waals surface area contributed by atoms with Gasteiger partial charge in [0.15, 0.2) is 6.04 Å². The first kappa shape index (κ1) is 18.7. The SMILES string of the molecule is CCOC(=O)C(N=C(c1ccccc1)c1ccccc1)c1cncc(Cl)n1. The van der Waals surface area contributed by atoms with E-state index in [9.17, 15) is 4.79 Å². The highest BCUT2D eigenvalue weighted by atomic mass is 35.5. The summed E-state index contributed by atoms with van der Waals surface area (Å²) in [6, 6.07) is 18.4. The van der Waals surface area contributed by atoms with Crippen molar-refractivity contribution in [3.05, 3.63) is 95.0 Å². The maximum atomic E-state index is 12.6. The summed E-state index contributed by atoms with van der Waals surface area (Å²) in [5, 5.41) is 0.193. The van der Waals surface area contributed by atoms with Crippen LogP contribution < -0.4 is 0 Å². The van der Waals surface area contributed by atoms with Crippen molar-refractivity contribution in [2.24, 2.45) is 4.99 Å². The van der Waals surface area contributed by atoms with Gasteiger partial charge in [0, 0.05) is 11.1 Å². The molecule has 27 heavy (non-hydrogen) atoms. The van der Waals surface area contributed by atoms with Gasteiger partial charge >= 0.3 is 5.97 Å². The van der Waals surface area contributed by atoms with Gasteiger partial charge in [-0.15, -0.1) is 0 Å². The molecule has 3 rings (SSSR count). The summed E-state index contributed by atoms with van der Waals surface area (Å²) >= 11 is 5.97. The molecule has 2 aromatic carbocycles. The first-order valence-electron chi connectivity index (χ1n) is 8.51. The molecule has 0 aliphatic heterocycles. The Balaban J connectivity index is 2.15. The van der Waals surface area contributed by atoms with Crippen LogP contribution in [-0.4, -0.2) is 28.3 Å². The summed E-state index contributed by atoms with van der Waals surface area (Å²) in [6.07, 6.45) is 2.89. The van der Waals surface area contributed by atoms with E-state index >= 15 is 0 Å². The number of aliphatic imine (C=N–C) groups is 1. The van der Waals surface area contributed by atoms with E-state index in [2.05, 4.69) is 9.97 Å². The van der Waals surface area contributed by atoms with E-state index in [0.29, 0.717) is 11.4 Å². The molecule has 0 spiro atoms. The number of nitrogens with zero attached hydrogens (tertiary/aromatic N) is 3. The second-order valence-corrected chi connectivity index (χ2v) is 6.02. The standard InChI is InChI=1S/C21H18ClN3O2/c1-2-27-21(26)20(17-13-23-14-18(22)24-17)25-19(15-9-5-3-6-10-15)16-11-7-4-8-12-16/h3-14,20H,2H2,1H3. The molecule has 136 valence electrons. The van der Waals surface area contributed by atoms with Crippen LogP contribution in [-0.2, 0) is 9.53 Å². The first-order chi connectivity index (χ1) is 13.2. The minimum atomic E-state index is -0.966. The van der Waals surface area contributed by atoms with Gasteiger partial charge in [0.05, 0.1) is 30.4 Å². The summed E-state index contributed by atoms with van der Waals surface area (Å²) in [6.45, 7) is 1.99. The maximum absolute atomic E-state index is 12.6. The van der Waals surface area contributed by atoms with Gasteiger partial charge in [-0.2, -0.15) is 0 Å². The van der Waals surface area contributed by atoms with Crippen molar-refractivity contribution in [3.8, 4) is 0 Å². The lowest BCUT2D eigenvalue weighted by atomic mass is 10.0. The summed E-state index contributed by atoms with van der Waals surface area (Å²) in [5.41, 5.74) is 2.77. The largest absolute Gasteiger partial charge is 0.464 e. The smallest absolute Gasteiger partial charge is 0.337 e. The molecule has 0 N–H and O–H groups in total. The molecule has 1 aromatic heterocycles. The van der Waals surface area contributed by atoms with E-state index in [1.165, 1.54) is 12.4 Å². The third-order valence-corrected chi connectivity index (χ3v) is 3.95. The third kappa shape index (κ3) is 4.77. The zero-order chi connectivity index (χ0) is 19.1. The second kappa shape index (κ2) is 9.05. The molecule has 5 nitrogen and oxygen atoms in total. The third-order valence-electron chi connectivity index (χ3n) is 3.77. The molecule has 1 atom stereocenters. The molecule has 1 unspecified atom stereocenters. The average Bonchev–Trinajstić information content (AvgIpc) is 2.70. The first-order valence-corrected chi connectivity index (χ1v) is 8.89. The highest BCUT2D eigenvalue weighted by Gasteiger charge is 2.25. The van der Waals surface area contributed by atoms with Crippen LogP contribution in [0.5, 0.6) is 0 Å². The summed E-state index contributed by atoms with van der Waals surface area (Å²) < 4.78 is 5.21. The van der Waals surface area contributed by atoms with Gasteiger partial charge < -0.3 is 4.74 Å². The van der Waals surface area contributed by atoms with Crippen LogP contribution in [0.1, 0.15) is 29.8 Å². The lowest BCUT2D eigenvalue weighted by Crippen LogP contribution is -2.18. The quantitative estimate of drug-likeness (QED) is 0.474. The predicted molar refractivity (Wildman–Crippen MR) is 105 cm³/mol. The van der Waals surface area contributed by atoms with Crippen molar-refractivity contribution in [2.75, 3.05) is 6.61 Å². The number of aromatic nitrogens is 2. The number of carbonyl (C=O) groups is 1. The summed E-state index contributed by atoms with van der Waals surface area (Å²) in [7, 11) is 0. The molecule has 0 bridgehead atoms. The Bertz CT molecular complexity index is 889. The van der Waals surface area contributed by atoms with Gasteiger partial charge in [-0.3, -0.25) is 9.98 Å². The van der Waals surface area contributed by atoms with E-state index in [1.807, 2.05) is 60.7 Å². The Morgan fingerprint density at radius 2 is 1.63 bits per heavy atom. The Hall–Kier alpha value is -3.05. The fourth-order valence-electron chi connectivity index (χ4n) is 2.59. The van der Waals surface area contributed by atoms with Crippen molar-refractivity contribution in [1.29, 1.82) is 0 Å². The number of hydrogen-bond donors (Lipinski definition) is 0. The average molecular weight is 380 g/mol. The van der Waals surface area contributed by atoms with Gasteiger partial charge in [0.25, 0.3) is 0 Å². The van der Waals surface area contributed by atoms with E-state index in [-0.39, 0.29) is 11.8 Å². The molecular weight excluding hydrogens is 362 g/mol. The van der Waals surface area contributed by atoms with Gasteiger partial charge in [-0.1, -0.05) is 72.3 Å². The molecule has 0 saturated carbocycles. The van der Waals surface area contributed by atoms with Crippen LogP contribution in [0.15, 0.2) is 78.0 Å². The monoisotopic (exact) mass is 379 g/mol. The number of carbonyl (C=O) groups excluding carboxylic acids is 1. The number of esters is 1. The van der Waals surface area contributed by atoms with Crippen molar-refractivity contribution < 1.29 is 9.53 Å². The van der Waals surface area contributed by atoms with Crippen LogP contribution in [0.4, 0.5) is 0 Å². The second-order valence-electron chi connectivity index (χ2n) is 5.63. The fourth-order valence-corrected chi connectivity index (χ4v) is 2.74. The minimum absolute atomic E-state index is 0.193. The van der Waals surface area contributed by atoms with E-state index < -0.39 is 12.0 Å². The van der Waals surface area contributed by atoms with Crippen molar-refractivity contribution in [3.63, 3.8) is 0 Å². The molecule has 0 aliphatic carbocycles. The van der Waals surface area contributed by atoms with Crippen molar-refractivity contribution in [2.45, 2.75) is 13.0 Å². The van der Waals surface area contributed by atoms with Gasteiger partial charge in [0.2, 0.25) is 0 Å². The van der Waals surface area contributed by atoms with Gasteiger partial charge in [-0.05, 0) is 6.92 Å². The molecule has 0 saturated heterocycles. The van der Waals surface area contributed by atoms with E-state index in [1.54, 1.807) is 6.92 Å². The normalized spacial score (nSPS) is 11.5.